The van der Waals surface area contributed by atoms with Crippen molar-refractivity contribution in [3.63, 3.8) is 0 Å². The Bertz CT molecular complexity index is 1060. The van der Waals surface area contributed by atoms with Crippen LogP contribution in [-0.2, 0) is 6.42 Å². The Balaban J connectivity index is 1.63. The van der Waals surface area contributed by atoms with Crippen molar-refractivity contribution in [3.05, 3.63) is 83.9 Å². The molecule has 1 unspecified atom stereocenters. The third kappa shape index (κ3) is 3.28. The summed E-state index contributed by atoms with van der Waals surface area (Å²) in [7, 11) is 0.300. The minimum absolute atomic E-state index is 0.0783. The van der Waals surface area contributed by atoms with Gasteiger partial charge in [-0.05, 0) is 60.4 Å². The smallest absolute Gasteiger partial charge is 0.164 e. The van der Waals surface area contributed by atoms with Crippen molar-refractivity contribution in [2.24, 2.45) is 0 Å². The van der Waals surface area contributed by atoms with Gasteiger partial charge in [0.2, 0.25) is 0 Å². The van der Waals surface area contributed by atoms with Gasteiger partial charge in [-0.3, -0.25) is 0 Å². The van der Waals surface area contributed by atoms with Gasteiger partial charge in [-0.25, -0.2) is 4.67 Å². The van der Waals surface area contributed by atoms with Gasteiger partial charge in [-0.15, -0.1) is 0 Å². The second-order valence-corrected chi connectivity index (χ2v) is 10.6. The van der Waals surface area contributed by atoms with Gasteiger partial charge in [0.05, 0.1) is 32.5 Å². The molecule has 3 aromatic rings. The maximum Gasteiger partial charge on any atom is 0.164 e. The van der Waals surface area contributed by atoms with E-state index in [1.807, 2.05) is 48.5 Å². The number of para-hydroxylation sites is 1. The second kappa shape index (κ2) is 8.16. The Kier molecular flexibility index (Phi) is 5.35. The molecule has 2 heterocycles. The van der Waals surface area contributed by atoms with E-state index < -0.39 is 7.79 Å². The molecular weight excluding hydrogens is 407 g/mol. The number of nitrogens with zero attached hydrogens (tertiary/aromatic N) is 2. The van der Waals surface area contributed by atoms with Crippen molar-refractivity contribution in [3.8, 4) is 11.5 Å². The summed E-state index contributed by atoms with van der Waals surface area (Å²) in [5, 5.41) is 0.882. The molecule has 2 atom stereocenters. The molecular formula is C25H27N2O3P. The minimum Gasteiger partial charge on any atom is -0.642 e. The van der Waals surface area contributed by atoms with Crippen molar-refractivity contribution in [2.75, 3.05) is 32.0 Å². The lowest BCUT2D eigenvalue weighted by Crippen LogP contribution is -2.55. The zero-order chi connectivity index (χ0) is 21.4. The number of anilines is 1. The molecule has 0 spiro atoms. The Hall–Kier alpha value is -2.59. The SMILES string of the molecule is COc1cc2c(cc1OC)[C@H]1CCN(c3ccccc3)[P+]([O-])(c3ccccc3)N1CC2. The summed E-state index contributed by atoms with van der Waals surface area (Å²) in [6.07, 6.45) is 1.72. The maximum absolute atomic E-state index is 15.0. The van der Waals surface area contributed by atoms with Crippen LogP contribution in [0.15, 0.2) is 72.8 Å². The van der Waals surface area contributed by atoms with E-state index >= 15 is 4.89 Å². The Labute approximate surface area is 184 Å². The number of methoxy groups -OCH3 is 2. The lowest BCUT2D eigenvalue weighted by Gasteiger charge is -2.55. The van der Waals surface area contributed by atoms with Crippen LogP contribution in [0.5, 0.6) is 11.5 Å². The van der Waals surface area contributed by atoms with Crippen molar-refractivity contribution < 1.29 is 14.4 Å². The highest BCUT2D eigenvalue weighted by atomic mass is 31.2. The van der Waals surface area contributed by atoms with E-state index in [1.165, 1.54) is 11.1 Å². The van der Waals surface area contributed by atoms with E-state index in [0.29, 0.717) is 0 Å². The molecule has 2 aliphatic rings. The van der Waals surface area contributed by atoms with E-state index in [2.05, 4.69) is 33.6 Å². The highest BCUT2D eigenvalue weighted by Crippen LogP contribution is 2.65. The number of hydrogen-bond acceptors (Lipinski definition) is 5. The summed E-state index contributed by atoms with van der Waals surface area (Å²) in [6.45, 7) is 1.47. The fourth-order valence-electron chi connectivity index (χ4n) is 4.96. The third-order valence-corrected chi connectivity index (χ3v) is 9.64. The molecule has 0 aliphatic carbocycles. The summed E-state index contributed by atoms with van der Waals surface area (Å²) in [4.78, 5) is 15.0. The molecule has 2 aliphatic heterocycles. The largest absolute Gasteiger partial charge is 0.642 e. The standard InChI is InChI=1S/C25H27N2O3P/c1-29-24-17-19-13-15-27-23(22(19)18-25(24)30-2)14-16-26(20-9-5-3-6-10-20)31(27,28)21-11-7-4-8-12-21/h3-12,17-18,23H,13-16H2,1-2H3/t23-,31?/m1/s1. The number of benzene rings is 3. The fraction of sp³-hybridized carbons (Fsp3) is 0.280. The fourth-order valence-corrected chi connectivity index (χ4v) is 8.19. The molecule has 5 rings (SSSR count). The van der Waals surface area contributed by atoms with Crippen molar-refractivity contribution in [1.29, 1.82) is 0 Å². The molecule has 3 aromatic carbocycles. The van der Waals surface area contributed by atoms with E-state index in [-0.39, 0.29) is 6.04 Å². The predicted molar refractivity (Wildman–Crippen MR) is 124 cm³/mol. The number of fused-ring (bicyclic) bond motifs is 3. The predicted octanol–water partition coefficient (Wildman–Crippen LogP) is 3.96. The molecule has 31 heavy (non-hydrogen) atoms. The van der Waals surface area contributed by atoms with Gasteiger partial charge < -0.3 is 14.4 Å². The van der Waals surface area contributed by atoms with Gasteiger partial charge in [0.25, 0.3) is 0 Å². The van der Waals surface area contributed by atoms with E-state index in [1.54, 1.807) is 14.2 Å². The Morgan fingerprint density at radius 1 is 0.871 bits per heavy atom. The van der Waals surface area contributed by atoms with Crippen molar-refractivity contribution >= 4 is 18.8 Å². The van der Waals surface area contributed by atoms with Crippen LogP contribution in [0, 0.1) is 0 Å². The average Bonchev–Trinajstić information content (AvgIpc) is 2.84. The molecule has 0 radical (unpaired) electrons. The van der Waals surface area contributed by atoms with Gasteiger partial charge in [0, 0.05) is 6.54 Å². The molecule has 6 heteroatoms. The van der Waals surface area contributed by atoms with Crippen LogP contribution in [0.2, 0.25) is 0 Å². The lowest BCUT2D eigenvalue weighted by atomic mass is 9.91. The zero-order valence-corrected chi connectivity index (χ0v) is 18.8. The van der Waals surface area contributed by atoms with Crippen LogP contribution in [-0.4, -0.2) is 32.0 Å². The summed E-state index contributed by atoms with van der Waals surface area (Å²) in [6, 6.07) is 24.3. The summed E-state index contributed by atoms with van der Waals surface area (Å²) >= 11 is 0. The molecule has 160 valence electrons. The van der Waals surface area contributed by atoms with Crippen LogP contribution in [0.1, 0.15) is 23.6 Å². The van der Waals surface area contributed by atoms with Gasteiger partial charge in [0.15, 0.2) is 19.3 Å². The van der Waals surface area contributed by atoms with Gasteiger partial charge in [-0.1, -0.05) is 36.4 Å². The quantitative estimate of drug-likeness (QED) is 0.582. The Morgan fingerprint density at radius 3 is 2.19 bits per heavy atom. The monoisotopic (exact) mass is 434 g/mol. The molecule has 1 saturated heterocycles. The average molecular weight is 434 g/mol. The topological polar surface area (TPSA) is 48.0 Å². The highest BCUT2D eigenvalue weighted by molar-refractivity contribution is 7.75. The van der Waals surface area contributed by atoms with Gasteiger partial charge in [-0.2, -0.15) is 4.67 Å². The Morgan fingerprint density at radius 2 is 1.52 bits per heavy atom. The molecule has 1 fully saturated rings. The van der Waals surface area contributed by atoms with E-state index in [0.717, 1.165) is 48.4 Å². The number of hydrogen-bond donors (Lipinski definition) is 0. The summed E-state index contributed by atoms with van der Waals surface area (Å²) < 4.78 is 15.5. The van der Waals surface area contributed by atoms with Gasteiger partial charge >= 0.3 is 0 Å². The van der Waals surface area contributed by atoms with Crippen molar-refractivity contribution in [2.45, 2.75) is 18.9 Å². The minimum atomic E-state index is -3.03. The molecule has 0 amide bonds. The lowest BCUT2D eigenvalue weighted by molar-refractivity contribution is -0.183. The summed E-state index contributed by atoms with van der Waals surface area (Å²) in [5.74, 6) is 1.48. The van der Waals surface area contributed by atoms with Gasteiger partial charge in [0.1, 0.15) is 5.30 Å². The van der Waals surface area contributed by atoms with Crippen LogP contribution >= 0.6 is 7.79 Å². The highest BCUT2D eigenvalue weighted by Gasteiger charge is 2.52. The van der Waals surface area contributed by atoms with Crippen LogP contribution < -0.4 is 24.3 Å². The van der Waals surface area contributed by atoms with Crippen LogP contribution in [0.4, 0.5) is 5.69 Å². The molecule has 0 saturated carbocycles. The van der Waals surface area contributed by atoms with E-state index in [9.17, 15) is 0 Å². The van der Waals surface area contributed by atoms with E-state index in [4.69, 9.17) is 9.47 Å². The third-order valence-electron chi connectivity index (χ3n) is 6.41. The second-order valence-electron chi connectivity index (χ2n) is 7.96. The van der Waals surface area contributed by atoms with Crippen LogP contribution in [0.3, 0.4) is 0 Å². The molecule has 5 nitrogen and oxygen atoms in total. The summed E-state index contributed by atoms with van der Waals surface area (Å²) in [5.41, 5.74) is 3.46. The first-order valence-electron chi connectivity index (χ1n) is 10.7. The zero-order valence-electron chi connectivity index (χ0n) is 17.9. The molecule has 0 bridgehead atoms. The van der Waals surface area contributed by atoms with Crippen LogP contribution in [0.25, 0.3) is 0 Å². The molecule has 0 aromatic heterocycles. The first kappa shape index (κ1) is 20.3. The number of rotatable bonds is 4. The number of ether oxygens (including phenoxy) is 2. The normalized spacial score (nSPS) is 23.1. The maximum atomic E-state index is 15.0. The van der Waals surface area contributed by atoms with Crippen molar-refractivity contribution in [1.82, 2.24) is 4.67 Å². The molecule has 0 N–H and O–H groups in total. The first-order valence-corrected chi connectivity index (χ1v) is 12.3. The first-order chi connectivity index (χ1) is 15.2.